The van der Waals surface area contributed by atoms with E-state index in [0.717, 1.165) is 64.3 Å². The zero-order valence-corrected chi connectivity index (χ0v) is 16.5. The zero-order chi connectivity index (χ0) is 18.6. The number of nitrogens with one attached hydrogen (secondary N) is 1. The smallest absolute Gasteiger partial charge is 0.317 e. The number of hydrogen-bond donors (Lipinski definition) is 1. The molecule has 2 heterocycles. The number of hydrogen-bond acceptors (Lipinski definition) is 4. The first kappa shape index (κ1) is 18.8. The van der Waals surface area contributed by atoms with E-state index in [9.17, 15) is 4.79 Å². The molecule has 0 aromatic carbocycles. The number of urea groups is 1. The molecular weight excluding hydrogens is 364 g/mol. The second-order valence-corrected chi connectivity index (χ2v) is 8.35. The molecule has 1 aliphatic heterocycles. The lowest BCUT2D eigenvalue weighted by Crippen LogP contribution is -2.47. The molecule has 2 amide bonds. The Morgan fingerprint density at radius 2 is 1.93 bits per heavy atom. The molecule has 1 aromatic rings. The maximum absolute atomic E-state index is 12.7. The fourth-order valence-electron chi connectivity index (χ4n) is 4.15. The summed E-state index contributed by atoms with van der Waals surface area (Å²) >= 11 is 6.12. The van der Waals surface area contributed by atoms with Gasteiger partial charge in [0.1, 0.15) is 11.1 Å². The molecule has 1 N–H and O–H groups in total. The lowest BCUT2D eigenvalue weighted by atomic mass is 9.93. The van der Waals surface area contributed by atoms with Gasteiger partial charge < -0.3 is 15.0 Å². The van der Waals surface area contributed by atoms with Gasteiger partial charge in [0.2, 0.25) is 5.88 Å². The van der Waals surface area contributed by atoms with E-state index < -0.39 is 0 Å². The molecule has 27 heavy (non-hydrogen) atoms. The van der Waals surface area contributed by atoms with Crippen molar-refractivity contribution in [2.75, 3.05) is 26.2 Å². The van der Waals surface area contributed by atoms with E-state index in [0.29, 0.717) is 10.9 Å². The molecule has 0 bridgehead atoms. The molecule has 1 saturated heterocycles. The minimum Gasteiger partial charge on any atom is -0.473 e. The number of carbonyl (C=O) groups excluding carboxylic acids is 1. The summed E-state index contributed by atoms with van der Waals surface area (Å²) in [5, 5.41) is 3.79. The summed E-state index contributed by atoms with van der Waals surface area (Å²) in [5.41, 5.74) is 0. The van der Waals surface area contributed by atoms with E-state index in [1.807, 2.05) is 4.90 Å². The summed E-state index contributed by atoms with van der Waals surface area (Å²) in [4.78, 5) is 21.4. The number of carbonyl (C=O) groups is 1. The molecule has 3 fully saturated rings. The van der Waals surface area contributed by atoms with Crippen LogP contribution >= 0.6 is 11.6 Å². The maximum Gasteiger partial charge on any atom is 0.317 e. The van der Waals surface area contributed by atoms with Crippen LogP contribution in [0.4, 0.5) is 4.79 Å². The van der Waals surface area contributed by atoms with Crippen molar-refractivity contribution in [3.8, 4) is 5.88 Å². The molecule has 6 nitrogen and oxygen atoms in total. The lowest BCUT2D eigenvalue weighted by molar-refractivity contribution is 0.131. The predicted molar refractivity (Wildman–Crippen MR) is 105 cm³/mol. The number of pyridine rings is 1. The minimum atomic E-state index is 0.102. The number of halogens is 1. The van der Waals surface area contributed by atoms with E-state index in [1.54, 1.807) is 18.3 Å². The molecule has 4 rings (SSSR count). The first-order chi connectivity index (χ1) is 13.2. The van der Waals surface area contributed by atoms with Gasteiger partial charge in [-0.3, -0.25) is 4.90 Å². The van der Waals surface area contributed by atoms with Gasteiger partial charge in [-0.25, -0.2) is 9.78 Å². The minimum absolute atomic E-state index is 0.102. The number of nitrogens with zero attached hydrogens (tertiary/aromatic N) is 3. The second kappa shape index (κ2) is 8.65. The van der Waals surface area contributed by atoms with E-state index in [4.69, 9.17) is 16.3 Å². The van der Waals surface area contributed by atoms with Gasteiger partial charge in [-0.15, -0.1) is 0 Å². The van der Waals surface area contributed by atoms with Crippen molar-refractivity contribution in [1.82, 2.24) is 20.1 Å². The third-order valence-electron chi connectivity index (χ3n) is 5.89. The largest absolute Gasteiger partial charge is 0.473 e. The highest BCUT2D eigenvalue weighted by Crippen LogP contribution is 2.28. The van der Waals surface area contributed by atoms with Crippen LogP contribution in [0.1, 0.15) is 44.9 Å². The Kier molecular flexibility index (Phi) is 6.03. The Morgan fingerprint density at radius 1 is 1.11 bits per heavy atom. The van der Waals surface area contributed by atoms with Crippen molar-refractivity contribution in [3.63, 3.8) is 0 Å². The van der Waals surface area contributed by atoms with Crippen LogP contribution in [0, 0.1) is 0 Å². The first-order valence-corrected chi connectivity index (χ1v) is 10.6. The van der Waals surface area contributed by atoms with Gasteiger partial charge in [-0.1, -0.05) is 11.6 Å². The van der Waals surface area contributed by atoms with Gasteiger partial charge >= 0.3 is 6.03 Å². The second-order valence-electron chi connectivity index (χ2n) is 7.94. The van der Waals surface area contributed by atoms with Gasteiger partial charge in [-0.05, 0) is 57.1 Å². The van der Waals surface area contributed by atoms with E-state index in [2.05, 4.69) is 15.2 Å². The molecule has 0 unspecified atom stereocenters. The molecule has 0 atom stereocenters. The third kappa shape index (κ3) is 5.05. The lowest BCUT2D eigenvalue weighted by Gasteiger charge is -2.31. The monoisotopic (exact) mass is 392 g/mol. The molecule has 7 heteroatoms. The highest BCUT2D eigenvalue weighted by molar-refractivity contribution is 6.31. The van der Waals surface area contributed by atoms with Crippen molar-refractivity contribution in [1.29, 1.82) is 0 Å². The van der Waals surface area contributed by atoms with Crippen molar-refractivity contribution >= 4 is 17.6 Å². The molecular formula is C20H29ClN4O2. The topological polar surface area (TPSA) is 57.7 Å². The average Bonchev–Trinajstić information content (AvgIpc) is 3.51. The SMILES string of the molecule is O=C(NC1CCC(Oc2ncccc2Cl)CC1)N1CCCN(C2CC2)CC1. The van der Waals surface area contributed by atoms with Crippen LogP contribution in [0.5, 0.6) is 5.88 Å². The number of amides is 2. The van der Waals surface area contributed by atoms with E-state index >= 15 is 0 Å². The van der Waals surface area contributed by atoms with Crippen LogP contribution in [0.3, 0.4) is 0 Å². The van der Waals surface area contributed by atoms with Crippen molar-refractivity contribution in [3.05, 3.63) is 23.4 Å². The normalized spacial score (nSPS) is 27.1. The van der Waals surface area contributed by atoms with Gasteiger partial charge in [0.25, 0.3) is 0 Å². The molecule has 0 spiro atoms. The standard InChI is InChI=1S/C20H29ClN4O2/c21-18-3-1-10-22-19(18)27-17-8-4-15(5-9-17)23-20(26)25-12-2-11-24(13-14-25)16-6-7-16/h1,3,10,15-17H,2,4-9,11-14H2,(H,23,26). The summed E-state index contributed by atoms with van der Waals surface area (Å²) in [7, 11) is 0. The Balaban J connectivity index is 1.20. The number of aromatic nitrogens is 1. The Morgan fingerprint density at radius 3 is 2.67 bits per heavy atom. The predicted octanol–water partition coefficient (Wildman–Crippen LogP) is 3.30. The average molecular weight is 393 g/mol. The zero-order valence-electron chi connectivity index (χ0n) is 15.8. The van der Waals surface area contributed by atoms with Crippen molar-refractivity contribution in [2.45, 2.75) is 63.1 Å². The fourth-order valence-corrected chi connectivity index (χ4v) is 4.32. The molecule has 1 aromatic heterocycles. The van der Waals surface area contributed by atoms with Gasteiger partial charge in [0, 0.05) is 44.5 Å². The Hall–Kier alpha value is -1.53. The quantitative estimate of drug-likeness (QED) is 0.854. The number of rotatable bonds is 4. The molecule has 2 aliphatic carbocycles. The molecule has 3 aliphatic rings. The van der Waals surface area contributed by atoms with E-state index in [1.165, 1.54) is 12.8 Å². The maximum atomic E-state index is 12.7. The summed E-state index contributed by atoms with van der Waals surface area (Å²) in [6.45, 7) is 3.86. The number of ether oxygens (including phenoxy) is 1. The highest BCUT2D eigenvalue weighted by atomic mass is 35.5. The summed E-state index contributed by atoms with van der Waals surface area (Å²) < 4.78 is 5.94. The summed E-state index contributed by atoms with van der Waals surface area (Å²) in [6, 6.07) is 4.72. The van der Waals surface area contributed by atoms with Crippen LogP contribution < -0.4 is 10.1 Å². The van der Waals surface area contributed by atoms with Gasteiger partial charge in [-0.2, -0.15) is 0 Å². The van der Waals surface area contributed by atoms with Gasteiger partial charge in [0.15, 0.2) is 0 Å². The van der Waals surface area contributed by atoms with Crippen molar-refractivity contribution < 1.29 is 9.53 Å². The Labute approximate surface area is 166 Å². The molecule has 0 radical (unpaired) electrons. The summed E-state index contributed by atoms with van der Waals surface area (Å²) in [6.07, 6.45) is 9.25. The molecule has 148 valence electrons. The fraction of sp³-hybridized carbons (Fsp3) is 0.700. The van der Waals surface area contributed by atoms with Crippen LogP contribution in [0.2, 0.25) is 5.02 Å². The van der Waals surface area contributed by atoms with E-state index in [-0.39, 0.29) is 18.2 Å². The first-order valence-electron chi connectivity index (χ1n) is 10.3. The highest BCUT2D eigenvalue weighted by Gasteiger charge is 2.31. The summed E-state index contributed by atoms with van der Waals surface area (Å²) in [5.74, 6) is 0.511. The Bertz CT molecular complexity index is 647. The van der Waals surface area contributed by atoms with Crippen LogP contribution in [0.25, 0.3) is 0 Å². The van der Waals surface area contributed by atoms with Crippen LogP contribution in [-0.2, 0) is 0 Å². The molecule has 2 saturated carbocycles. The van der Waals surface area contributed by atoms with Crippen LogP contribution in [-0.4, -0.2) is 65.2 Å². The van der Waals surface area contributed by atoms with Crippen molar-refractivity contribution in [2.24, 2.45) is 0 Å². The third-order valence-corrected chi connectivity index (χ3v) is 6.17. The van der Waals surface area contributed by atoms with Gasteiger partial charge in [0.05, 0.1) is 0 Å². The van der Waals surface area contributed by atoms with Crippen LogP contribution in [0.15, 0.2) is 18.3 Å².